The van der Waals surface area contributed by atoms with Gasteiger partial charge < -0.3 is 25.1 Å². The highest BCUT2D eigenvalue weighted by Gasteiger charge is 2.17. The quantitative estimate of drug-likeness (QED) is 0.795. The number of benzene rings is 1. The molecule has 1 atom stereocenters. The van der Waals surface area contributed by atoms with Gasteiger partial charge in [0.25, 0.3) is 0 Å². The van der Waals surface area contributed by atoms with Crippen molar-refractivity contribution < 1.29 is 25.1 Å². The molecule has 0 saturated carbocycles. The lowest BCUT2D eigenvalue weighted by molar-refractivity contribution is -0.428. The highest BCUT2D eigenvalue weighted by atomic mass is 79.9. The van der Waals surface area contributed by atoms with Crippen molar-refractivity contribution in [2.45, 2.75) is 25.3 Å². The predicted molar refractivity (Wildman–Crippen MR) is 71.7 cm³/mol. The fourth-order valence-corrected chi connectivity index (χ4v) is 2.48. The Kier molecular flexibility index (Phi) is 6.11. The molecule has 1 aromatic carbocycles. The maximum Gasteiger partial charge on any atom is 0.161 e. The van der Waals surface area contributed by atoms with Crippen molar-refractivity contribution in [3.8, 4) is 11.5 Å². The summed E-state index contributed by atoms with van der Waals surface area (Å²) in [4.78, 5) is 10.4. The van der Waals surface area contributed by atoms with E-state index >= 15 is 0 Å². The zero-order valence-electron chi connectivity index (χ0n) is 11.1. The highest BCUT2D eigenvalue weighted by molar-refractivity contribution is 9.10. The summed E-state index contributed by atoms with van der Waals surface area (Å²) in [5, 5.41) is 10.4. The minimum atomic E-state index is -1.03. The van der Waals surface area contributed by atoms with Gasteiger partial charge >= 0.3 is 0 Å². The number of halogens is 1. The fourth-order valence-electron chi connectivity index (χ4n) is 1.83. The van der Waals surface area contributed by atoms with Gasteiger partial charge in [0.15, 0.2) is 11.5 Å². The molecule has 0 heterocycles. The topological polar surface area (TPSA) is 86.2 Å². The van der Waals surface area contributed by atoms with Crippen molar-refractivity contribution in [2.75, 3.05) is 14.2 Å². The summed E-state index contributed by atoms with van der Waals surface area (Å²) in [6, 6.07) is 3.67. The number of carbonyl (C=O) groups excluding carboxylic acids is 1. The van der Waals surface area contributed by atoms with E-state index in [1.165, 1.54) is 0 Å². The fraction of sp³-hybridized carbons (Fsp3) is 0.462. The number of hydrogen-bond acceptors (Lipinski definition) is 4. The van der Waals surface area contributed by atoms with Gasteiger partial charge in [-0.05, 0) is 25.0 Å². The van der Waals surface area contributed by atoms with Crippen molar-refractivity contribution in [3.05, 3.63) is 22.2 Å². The third-order valence-electron chi connectivity index (χ3n) is 2.88. The maximum atomic E-state index is 10.4. The maximum absolute atomic E-state index is 10.4. The Bertz CT molecular complexity index is 451. The molecule has 0 unspecified atom stereocenters. The van der Waals surface area contributed by atoms with Crippen molar-refractivity contribution in [1.82, 2.24) is 0 Å². The van der Waals surface area contributed by atoms with Crippen LogP contribution in [0.15, 0.2) is 16.6 Å². The SMILES string of the molecule is COc1cc(Br)c([C@H]([NH3+])CCCC(=O)[O-])cc1OC. The summed E-state index contributed by atoms with van der Waals surface area (Å²) in [6.45, 7) is 0. The van der Waals surface area contributed by atoms with Gasteiger partial charge in [-0.2, -0.15) is 0 Å². The number of rotatable bonds is 7. The van der Waals surface area contributed by atoms with Crippen LogP contribution in [0, 0.1) is 0 Å². The zero-order chi connectivity index (χ0) is 14.4. The van der Waals surface area contributed by atoms with Crippen LogP contribution in [0.2, 0.25) is 0 Å². The molecule has 0 amide bonds. The molecule has 5 nitrogen and oxygen atoms in total. The number of hydrogen-bond donors (Lipinski definition) is 1. The minimum Gasteiger partial charge on any atom is -0.550 e. The summed E-state index contributed by atoms with van der Waals surface area (Å²) in [7, 11) is 3.15. The van der Waals surface area contributed by atoms with E-state index in [0.717, 1.165) is 10.0 Å². The van der Waals surface area contributed by atoms with Gasteiger partial charge in [0.2, 0.25) is 0 Å². The lowest BCUT2D eigenvalue weighted by Crippen LogP contribution is -2.53. The van der Waals surface area contributed by atoms with E-state index in [1.807, 2.05) is 12.1 Å². The summed E-state index contributed by atoms with van der Waals surface area (Å²) in [6.07, 6.45) is 1.26. The van der Waals surface area contributed by atoms with Crippen LogP contribution in [-0.4, -0.2) is 20.2 Å². The molecule has 0 radical (unpaired) electrons. The van der Waals surface area contributed by atoms with Gasteiger partial charge in [0.05, 0.1) is 14.2 Å². The number of carboxylic acid groups (broad SMARTS) is 1. The molecule has 1 rings (SSSR count). The number of aliphatic carboxylic acids is 1. The minimum absolute atomic E-state index is 0.0199. The second kappa shape index (κ2) is 7.35. The Balaban J connectivity index is 2.84. The molecule has 0 spiro atoms. The first kappa shape index (κ1) is 15.8. The molecule has 0 aliphatic carbocycles. The highest BCUT2D eigenvalue weighted by Crippen LogP contribution is 2.36. The molecule has 0 aromatic heterocycles. The van der Waals surface area contributed by atoms with Gasteiger partial charge in [-0.1, -0.05) is 15.9 Å². The van der Waals surface area contributed by atoms with Crippen LogP contribution in [0.4, 0.5) is 0 Å². The van der Waals surface area contributed by atoms with Crippen LogP contribution < -0.4 is 20.3 Å². The Hall–Kier alpha value is -1.27. The lowest BCUT2D eigenvalue weighted by Gasteiger charge is -2.15. The number of ether oxygens (including phenoxy) is 2. The summed E-state index contributed by atoms with van der Waals surface area (Å²) in [5.41, 5.74) is 5.03. The van der Waals surface area contributed by atoms with Crippen LogP contribution >= 0.6 is 15.9 Å². The average molecular weight is 332 g/mol. The van der Waals surface area contributed by atoms with E-state index in [4.69, 9.17) is 9.47 Å². The first-order valence-corrected chi connectivity index (χ1v) is 6.73. The molecular formula is C13H18BrNO4. The normalized spacial score (nSPS) is 12.0. The van der Waals surface area contributed by atoms with Crippen LogP contribution in [0.1, 0.15) is 30.9 Å². The van der Waals surface area contributed by atoms with Gasteiger partial charge in [-0.15, -0.1) is 0 Å². The lowest BCUT2D eigenvalue weighted by atomic mass is 10.0. The van der Waals surface area contributed by atoms with E-state index in [-0.39, 0.29) is 12.5 Å². The molecule has 106 valence electrons. The number of quaternary nitrogens is 1. The van der Waals surface area contributed by atoms with Crippen LogP contribution in [0.3, 0.4) is 0 Å². The molecule has 0 aliphatic rings. The standard InChI is InChI=1S/C13H18BrNO4/c1-18-11-6-8(9(14)7-12(11)19-2)10(15)4-3-5-13(16)17/h6-7,10H,3-5,15H2,1-2H3,(H,16,17)/t10-/m1/s1. The van der Waals surface area contributed by atoms with E-state index in [1.54, 1.807) is 14.2 Å². The summed E-state index contributed by atoms with van der Waals surface area (Å²) < 4.78 is 11.3. The number of carbonyl (C=O) groups is 1. The van der Waals surface area contributed by atoms with Crippen molar-refractivity contribution >= 4 is 21.9 Å². The third-order valence-corrected chi connectivity index (χ3v) is 3.56. The van der Waals surface area contributed by atoms with E-state index < -0.39 is 5.97 Å². The molecule has 6 heteroatoms. The molecule has 0 saturated heterocycles. The van der Waals surface area contributed by atoms with Crippen molar-refractivity contribution in [1.29, 1.82) is 0 Å². The van der Waals surface area contributed by atoms with Crippen molar-refractivity contribution in [2.24, 2.45) is 0 Å². The first-order valence-electron chi connectivity index (χ1n) is 5.94. The Morgan fingerprint density at radius 3 is 2.47 bits per heavy atom. The van der Waals surface area contributed by atoms with Gasteiger partial charge in [-0.3, -0.25) is 0 Å². The largest absolute Gasteiger partial charge is 0.550 e. The molecule has 0 bridgehead atoms. The van der Waals surface area contributed by atoms with Crippen LogP contribution in [-0.2, 0) is 4.79 Å². The first-order chi connectivity index (χ1) is 8.99. The van der Waals surface area contributed by atoms with E-state index in [0.29, 0.717) is 24.3 Å². The van der Waals surface area contributed by atoms with E-state index in [9.17, 15) is 9.90 Å². The monoisotopic (exact) mass is 331 g/mol. The van der Waals surface area contributed by atoms with E-state index in [2.05, 4.69) is 21.7 Å². The van der Waals surface area contributed by atoms with Crippen LogP contribution in [0.5, 0.6) is 11.5 Å². The number of carboxylic acids is 1. The molecule has 1 aromatic rings. The molecule has 3 N–H and O–H groups in total. The number of methoxy groups -OCH3 is 2. The molecule has 0 fully saturated rings. The third kappa shape index (κ3) is 4.40. The zero-order valence-corrected chi connectivity index (χ0v) is 12.7. The molecule has 0 aliphatic heterocycles. The average Bonchev–Trinajstić information content (AvgIpc) is 2.37. The Labute approximate surface area is 120 Å². The Morgan fingerprint density at radius 2 is 1.95 bits per heavy atom. The van der Waals surface area contributed by atoms with Gasteiger partial charge in [-0.25, -0.2) is 0 Å². The second-order valence-electron chi connectivity index (χ2n) is 4.19. The molecule has 19 heavy (non-hydrogen) atoms. The molecular weight excluding hydrogens is 314 g/mol. The van der Waals surface area contributed by atoms with Crippen LogP contribution in [0.25, 0.3) is 0 Å². The summed E-state index contributed by atoms with van der Waals surface area (Å²) in [5.74, 6) is 0.243. The second-order valence-corrected chi connectivity index (χ2v) is 5.04. The summed E-state index contributed by atoms with van der Waals surface area (Å²) >= 11 is 3.47. The predicted octanol–water partition coefficient (Wildman–Crippen LogP) is 0.669. The smallest absolute Gasteiger partial charge is 0.161 e. The Morgan fingerprint density at radius 1 is 1.37 bits per heavy atom. The van der Waals surface area contributed by atoms with Crippen molar-refractivity contribution in [3.63, 3.8) is 0 Å². The van der Waals surface area contributed by atoms with Gasteiger partial charge in [0, 0.05) is 22.4 Å². The van der Waals surface area contributed by atoms with Gasteiger partial charge in [0.1, 0.15) is 6.04 Å².